The maximum Gasteiger partial charge on any atom is 0.251 e. The van der Waals surface area contributed by atoms with Crippen molar-refractivity contribution in [1.29, 1.82) is 5.41 Å². The number of unbranched alkanes of at least 4 members (excludes halogenated alkanes) is 1. The molecule has 35 heavy (non-hydrogen) atoms. The van der Waals surface area contributed by atoms with E-state index < -0.39 is 6.67 Å². The van der Waals surface area contributed by atoms with Crippen LogP contribution in [0, 0.1) is 17.8 Å². The minimum Gasteiger partial charge on any atom is -0.342 e. The maximum atomic E-state index is 13.1. The van der Waals surface area contributed by atoms with Crippen LogP contribution in [0.5, 0.6) is 0 Å². The van der Waals surface area contributed by atoms with E-state index in [0.29, 0.717) is 30.7 Å². The Morgan fingerprint density at radius 1 is 1.03 bits per heavy atom. The molecule has 0 radical (unpaired) electrons. The minimum absolute atomic E-state index is 0.100. The third-order valence-electron chi connectivity index (χ3n) is 5.96. The first-order valence-corrected chi connectivity index (χ1v) is 11.6. The van der Waals surface area contributed by atoms with Gasteiger partial charge in [-0.15, -0.1) is 6.42 Å². The van der Waals surface area contributed by atoms with Gasteiger partial charge in [0, 0.05) is 16.8 Å². The van der Waals surface area contributed by atoms with Gasteiger partial charge in [-0.2, -0.15) is 0 Å². The minimum atomic E-state index is -0.714. The zero-order chi connectivity index (χ0) is 24.6. The number of carbonyl (C=O) groups excluding carboxylic acids is 1. The molecule has 6 heteroatoms. The molecule has 0 aliphatic heterocycles. The molecule has 1 amide bonds. The van der Waals surface area contributed by atoms with Crippen molar-refractivity contribution in [1.82, 2.24) is 15.3 Å². The molecule has 1 atom stereocenters. The summed E-state index contributed by atoms with van der Waals surface area (Å²) in [6.07, 6.45) is 7.89. The average molecular weight is 467 g/mol. The van der Waals surface area contributed by atoms with Crippen LogP contribution in [0.4, 0.5) is 4.39 Å². The third-order valence-corrected chi connectivity index (χ3v) is 5.96. The van der Waals surface area contributed by atoms with E-state index in [2.05, 4.69) is 21.2 Å². The number of halogens is 1. The number of rotatable bonds is 10. The van der Waals surface area contributed by atoms with E-state index >= 15 is 0 Å². The number of hydrogen-bond donors (Lipinski definition) is 3. The molecule has 1 aromatic heterocycles. The van der Waals surface area contributed by atoms with E-state index in [4.69, 9.17) is 11.8 Å². The van der Waals surface area contributed by atoms with Crippen LogP contribution in [0.1, 0.15) is 53.5 Å². The predicted molar refractivity (Wildman–Crippen MR) is 138 cm³/mol. The molecule has 4 rings (SSSR count). The van der Waals surface area contributed by atoms with E-state index in [0.717, 1.165) is 34.1 Å². The maximum absolute atomic E-state index is 13.1. The van der Waals surface area contributed by atoms with Crippen molar-refractivity contribution < 1.29 is 9.18 Å². The van der Waals surface area contributed by atoms with Crippen molar-refractivity contribution in [2.75, 3.05) is 6.67 Å². The molecule has 0 bridgehead atoms. The lowest BCUT2D eigenvalue weighted by Crippen LogP contribution is -2.29. The van der Waals surface area contributed by atoms with Crippen LogP contribution in [0.2, 0.25) is 0 Å². The quantitative estimate of drug-likeness (QED) is 0.147. The molecular formula is C29H27FN4O. The predicted octanol–water partition coefficient (Wildman–Crippen LogP) is 6.23. The van der Waals surface area contributed by atoms with Crippen LogP contribution in [-0.4, -0.2) is 28.3 Å². The Hall–Kier alpha value is -4.24. The Morgan fingerprint density at radius 3 is 2.37 bits per heavy atom. The number of amides is 1. The monoisotopic (exact) mass is 466 g/mol. The molecule has 0 spiro atoms. The van der Waals surface area contributed by atoms with E-state index in [9.17, 15) is 9.18 Å². The zero-order valence-corrected chi connectivity index (χ0v) is 19.4. The second kappa shape index (κ2) is 11.3. The number of alkyl halides is 1. The van der Waals surface area contributed by atoms with Crippen molar-refractivity contribution >= 4 is 22.7 Å². The highest BCUT2D eigenvalue weighted by atomic mass is 19.1. The van der Waals surface area contributed by atoms with Crippen molar-refractivity contribution in [3.63, 3.8) is 0 Å². The number of imidazole rings is 1. The second-order valence-corrected chi connectivity index (χ2v) is 8.45. The van der Waals surface area contributed by atoms with E-state index in [1.165, 1.54) is 0 Å². The van der Waals surface area contributed by atoms with Gasteiger partial charge in [-0.3, -0.25) is 4.79 Å². The summed E-state index contributed by atoms with van der Waals surface area (Å²) in [5.41, 5.74) is 5.23. The Bertz CT molecular complexity index is 1320. The first-order valence-electron chi connectivity index (χ1n) is 11.6. The fourth-order valence-electron chi connectivity index (χ4n) is 3.98. The van der Waals surface area contributed by atoms with Gasteiger partial charge in [0.05, 0.1) is 17.1 Å². The van der Waals surface area contributed by atoms with Gasteiger partial charge in [0.25, 0.3) is 5.91 Å². The van der Waals surface area contributed by atoms with Crippen LogP contribution < -0.4 is 5.32 Å². The molecule has 3 N–H and O–H groups in total. The molecule has 0 unspecified atom stereocenters. The van der Waals surface area contributed by atoms with Crippen LogP contribution in [-0.2, 0) is 0 Å². The summed E-state index contributed by atoms with van der Waals surface area (Å²) in [6.45, 7) is -0.714. The summed E-state index contributed by atoms with van der Waals surface area (Å²) in [5, 5.41) is 10.6. The van der Waals surface area contributed by atoms with E-state index in [-0.39, 0.29) is 17.7 Å². The van der Waals surface area contributed by atoms with Gasteiger partial charge < -0.3 is 15.7 Å². The largest absolute Gasteiger partial charge is 0.342 e. The standard InChI is InChI=1S/C29H27FN4O/c1-2-20-11-13-21(14-12-20)22-15-17-23(18-16-22)29(35)34-27(10-4-3-7-24(31)19-30)28-32-25-8-5-6-9-26(25)33-28/h1,5-6,8-9,11-18,27,31H,3-4,7,10,19H2,(H,32,33)(H,34,35)/t27-/m0/s1. The SMILES string of the molecule is C#Cc1ccc(-c2ccc(C(=O)N[C@@H](CCCCC(=N)CF)c3nc4ccccc4[nH]3)cc2)cc1. The first kappa shape index (κ1) is 23.9. The highest BCUT2D eigenvalue weighted by Crippen LogP contribution is 2.23. The van der Waals surface area contributed by atoms with Crippen molar-refractivity contribution in [2.24, 2.45) is 0 Å². The highest BCUT2D eigenvalue weighted by molar-refractivity contribution is 5.95. The van der Waals surface area contributed by atoms with Crippen LogP contribution in [0.15, 0.2) is 72.8 Å². The van der Waals surface area contributed by atoms with Crippen molar-refractivity contribution in [2.45, 2.75) is 31.7 Å². The smallest absolute Gasteiger partial charge is 0.251 e. The van der Waals surface area contributed by atoms with Crippen LogP contribution in [0.25, 0.3) is 22.2 Å². The highest BCUT2D eigenvalue weighted by Gasteiger charge is 2.19. The van der Waals surface area contributed by atoms with Crippen molar-refractivity contribution in [3.05, 3.63) is 89.7 Å². The second-order valence-electron chi connectivity index (χ2n) is 8.45. The zero-order valence-electron chi connectivity index (χ0n) is 19.4. The van der Waals surface area contributed by atoms with Gasteiger partial charge in [-0.25, -0.2) is 9.37 Å². The van der Waals surface area contributed by atoms with Gasteiger partial charge in [0.2, 0.25) is 0 Å². The number of nitrogens with one attached hydrogen (secondary N) is 3. The number of fused-ring (bicyclic) bond motifs is 1. The summed E-state index contributed by atoms with van der Waals surface area (Å²) < 4.78 is 12.6. The molecule has 4 aromatic rings. The molecule has 1 heterocycles. The molecule has 0 aliphatic rings. The Labute approximate surface area is 204 Å². The lowest BCUT2D eigenvalue weighted by Gasteiger charge is -2.17. The average Bonchev–Trinajstić information content (AvgIpc) is 3.34. The Kier molecular flexibility index (Phi) is 7.69. The summed E-state index contributed by atoms with van der Waals surface area (Å²) >= 11 is 0. The fraction of sp³-hybridized carbons (Fsp3) is 0.207. The normalized spacial score (nSPS) is 11.7. The topological polar surface area (TPSA) is 81.6 Å². The lowest BCUT2D eigenvalue weighted by molar-refractivity contribution is 0.0932. The van der Waals surface area contributed by atoms with E-state index in [1.54, 1.807) is 12.1 Å². The number of H-pyrrole nitrogens is 1. The molecule has 0 fully saturated rings. The van der Waals surface area contributed by atoms with Crippen LogP contribution in [0.3, 0.4) is 0 Å². The van der Waals surface area contributed by atoms with Gasteiger partial charge in [-0.05, 0) is 66.8 Å². The van der Waals surface area contributed by atoms with Crippen molar-refractivity contribution in [3.8, 4) is 23.5 Å². The molecule has 3 aromatic carbocycles. The molecule has 0 saturated heterocycles. The summed E-state index contributed by atoms with van der Waals surface area (Å²) in [4.78, 5) is 21.1. The van der Waals surface area contributed by atoms with Gasteiger partial charge in [0.1, 0.15) is 12.5 Å². The number of benzene rings is 3. The van der Waals surface area contributed by atoms with Crippen LogP contribution >= 0.6 is 0 Å². The number of nitrogens with zero attached hydrogens (tertiary/aromatic N) is 1. The third kappa shape index (κ3) is 6.01. The number of carbonyl (C=O) groups is 1. The lowest BCUT2D eigenvalue weighted by atomic mass is 10.0. The summed E-state index contributed by atoms with van der Waals surface area (Å²) in [7, 11) is 0. The number of terminal acetylenes is 1. The van der Waals surface area contributed by atoms with Gasteiger partial charge in [-0.1, -0.05) is 48.7 Å². The molecular weight excluding hydrogens is 439 g/mol. The molecule has 176 valence electrons. The molecule has 5 nitrogen and oxygen atoms in total. The summed E-state index contributed by atoms with van der Waals surface area (Å²) in [6, 6.07) is 22.5. The fourth-order valence-corrected chi connectivity index (χ4v) is 3.98. The number of hydrogen-bond acceptors (Lipinski definition) is 3. The molecule has 0 saturated carbocycles. The molecule has 0 aliphatic carbocycles. The number of para-hydroxylation sites is 2. The first-order chi connectivity index (χ1) is 17.1. The van der Waals surface area contributed by atoms with Gasteiger partial charge >= 0.3 is 0 Å². The number of aromatic nitrogens is 2. The summed E-state index contributed by atoms with van der Waals surface area (Å²) in [5.74, 6) is 3.10. The number of aromatic amines is 1. The van der Waals surface area contributed by atoms with Gasteiger partial charge in [0.15, 0.2) is 0 Å². The van der Waals surface area contributed by atoms with E-state index in [1.807, 2.05) is 60.7 Å². The Balaban J connectivity index is 1.48. The Morgan fingerprint density at radius 2 is 1.71 bits per heavy atom.